The van der Waals surface area contributed by atoms with Crippen LogP contribution in [0.5, 0.6) is 0 Å². The van der Waals surface area contributed by atoms with E-state index in [1.165, 1.54) is 12.8 Å². The van der Waals surface area contributed by atoms with Crippen molar-refractivity contribution in [2.24, 2.45) is 5.73 Å². The molecule has 0 aliphatic carbocycles. The van der Waals surface area contributed by atoms with Crippen LogP contribution in [0.4, 0.5) is 0 Å². The number of nitrogens with zero attached hydrogens (tertiary/aromatic N) is 1. The maximum absolute atomic E-state index is 5.75. The van der Waals surface area contributed by atoms with Gasteiger partial charge in [0, 0.05) is 25.7 Å². The molecule has 1 rings (SSSR count). The average Bonchev–Trinajstić information content (AvgIpc) is 2.14. The molecule has 2 unspecified atom stereocenters. The lowest BCUT2D eigenvalue weighted by Gasteiger charge is -2.36. The highest BCUT2D eigenvalue weighted by molar-refractivity contribution is 4.77. The first-order valence-corrected chi connectivity index (χ1v) is 5.33. The van der Waals surface area contributed by atoms with Crippen molar-refractivity contribution in [2.75, 3.05) is 26.2 Å². The van der Waals surface area contributed by atoms with Gasteiger partial charge in [0.2, 0.25) is 0 Å². The molecule has 1 aliphatic rings. The normalized spacial score (nSPS) is 27.5. The van der Waals surface area contributed by atoms with E-state index in [4.69, 9.17) is 10.5 Å². The molecule has 0 amide bonds. The van der Waals surface area contributed by atoms with Gasteiger partial charge >= 0.3 is 0 Å². The Morgan fingerprint density at radius 1 is 1.62 bits per heavy atom. The highest BCUT2D eigenvalue weighted by atomic mass is 16.5. The average molecular weight is 186 g/mol. The second-order valence-corrected chi connectivity index (χ2v) is 3.85. The Balaban J connectivity index is 2.37. The topological polar surface area (TPSA) is 38.5 Å². The first-order valence-electron chi connectivity index (χ1n) is 5.33. The smallest absolute Gasteiger partial charge is 0.0674 e. The van der Waals surface area contributed by atoms with Crippen LogP contribution in [0.15, 0.2) is 0 Å². The zero-order valence-electron chi connectivity index (χ0n) is 8.83. The first kappa shape index (κ1) is 11.0. The van der Waals surface area contributed by atoms with E-state index in [0.717, 1.165) is 26.2 Å². The number of rotatable bonds is 4. The fraction of sp³-hybridized carbons (Fsp3) is 1.00. The zero-order chi connectivity index (χ0) is 9.68. The maximum atomic E-state index is 5.75. The van der Waals surface area contributed by atoms with Crippen LogP contribution >= 0.6 is 0 Å². The zero-order valence-corrected chi connectivity index (χ0v) is 8.83. The Labute approximate surface area is 81.2 Å². The van der Waals surface area contributed by atoms with E-state index in [1.54, 1.807) is 0 Å². The predicted octanol–water partition coefficient (Wildman–Crippen LogP) is 0.834. The largest absolute Gasteiger partial charge is 0.376 e. The van der Waals surface area contributed by atoms with E-state index in [1.807, 2.05) is 0 Å². The molecule has 2 atom stereocenters. The lowest BCUT2D eigenvalue weighted by atomic mass is 10.1. The van der Waals surface area contributed by atoms with E-state index in [2.05, 4.69) is 18.7 Å². The summed E-state index contributed by atoms with van der Waals surface area (Å²) >= 11 is 0. The molecule has 2 N–H and O–H groups in total. The van der Waals surface area contributed by atoms with Gasteiger partial charge in [-0.25, -0.2) is 0 Å². The molecule has 1 aliphatic heterocycles. The van der Waals surface area contributed by atoms with Crippen LogP contribution < -0.4 is 5.73 Å². The van der Waals surface area contributed by atoms with Crippen molar-refractivity contribution in [1.29, 1.82) is 0 Å². The molecule has 0 aromatic rings. The SMILES string of the molecule is CCCC(CN)N1CCOC(C)C1. The van der Waals surface area contributed by atoms with Crippen molar-refractivity contribution >= 4 is 0 Å². The monoisotopic (exact) mass is 186 g/mol. The molecular weight excluding hydrogens is 164 g/mol. The van der Waals surface area contributed by atoms with Crippen molar-refractivity contribution in [2.45, 2.75) is 38.8 Å². The fourth-order valence-corrected chi connectivity index (χ4v) is 1.96. The minimum absolute atomic E-state index is 0.375. The summed E-state index contributed by atoms with van der Waals surface area (Å²) in [6.45, 7) is 8.08. The fourth-order valence-electron chi connectivity index (χ4n) is 1.96. The third-order valence-corrected chi connectivity index (χ3v) is 2.68. The molecule has 1 fully saturated rings. The molecule has 3 heteroatoms. The van der Waals surface area contributed by atoms with Crippen LogP contribution in [0.1, 0.15) is 26.7 Å². The Kier molecular flexibility index (Phi) is 4.70. The summed E-state index contributed by atoms with van der Waals surface area (Å²) in [7, 11) is 0. The molecule has 78 valence electrons. The van der Waals surface area contributed by atoms with E-state index in [-0.39, 0.29) is 0 Å². The summed E-state index contributed by atoms with van der Waals surface area (Å²) in [5.74, 6) is 0. The van der Waals surface area contributed by atoms with Crippen LogP contribution in [-0.2, 0) is 4.74 Å². The van der Waals surface area contributed by atoms with Crippen molar-refractivity contribution in [3.05, 3.63) is 0 Å². The quantitative estimate of drug-likeness (QED) is 0.707. The second-order valence-electron chi connectivity index (χ2n) is 3.85. The maximum Gasteiger partial charge on any atom is 0.0674 e. The van der Waals surface area contributed by atoms with Gasteiger partial charge < -0.3 is 10.5 Å². The first-order chi connectivity index (χ1) is 6.27. The molecule has 1 heterocycles. The van der Waals surface area contributed by atoms with E-state index in [0.29, 0.717) is 12.1 Å². The molecule has 1 saturated heterocycles. The third-order valence-electron chi connectivity index (χ3n) is 2.68. The summed E-state index contributed by atoms with van der Waals surface area (Å²) in [4.78, 5) is 2.47. The lowest BCUT2D eigenvalue weighted by Crippen LogP contribution is -2.49. The number of ether oxygens (including phenoxy) is 1. The third kappa shape index (κ3) is 3.25. The Hall–Kier alpha value is -0.120. The summed E-state index contributed by atoms with van der Waals surface area (Å²) in [5.41, 5.74) is 5.75. The van der Waals surface area contributed by atoms with Crippen molar-refractivity contribution in [1.82, 2.24) is 4.90 Å². The molecule has 13 heavy (non-hydrogen) atoms. The standard InChI is InChI=1S/C10H22N2O/c1-3-4-10(7-11)12-5-6-13-9(2)8-12/h9-10H,3-8,11H2,1-2H3. The summed E-state index contributed by atoms with van der Waals surface area (Å²) in [6.07, 6.45) is 2.80. The Morgan fingerprint density at radius 2 is 2.38 bits per heavy atom. The van der Waals surface area contributed by atoms with Crippen molar-refractivity contribution < 1.29 is 4.74 Å². The van der Waals surface area contributed by atoms with Gasteiger partial charge in [-0.15, -0.1) is 0 Å². The van der Waals surface area contributed by atoms with Gasteiger partial charge in [-0.2, -0.15) is 0 Å². The van der Waals surface area contributed by atoms with Gasteiger partial charge in [-0.05, 0) is 13.3 Å². The molecule has 3 nitrogen and oxygen atoms in total. The van der Waals surface area contributed by atoms with Crippen LogP contribution in [-0.4, -0.2) is 43.3 Å². The van der Waals surface area contributed by atoms with Gasteiger partial charge in [0.1, 0.15) is 0 Å². The highest BCUT2D eigenvalue weighted by Crippen LogP contribution is 2.11. The molecule has 0 bridgehead atoms. The van der Waals surface area contributed by atoms with E-state index < -0.39 is 0 Å². The van der Waals surface area contributed by atoms with Gasteiger partial charge in [-0.1, -0.05) is 13.3 Å². The number of morpholine rings is 1. The van der Waals surface area contributed by atoms with Gasteiger partial charge in [-0.3, -0.25) is 4.90 Å². The number of hydrogen-bond acceptors (Lipinski definition) is 3. The molecule has 0 aromatic carbocycles. The minimum Gasteiger partial charge on any atom is -0.376 e. The summed E-state index contributed by atoms with van der Waals surface area (Å²) in [6, 6.07) is 0.566. The van der Waals surface area contributed by atoms with Crippen LogP contribution in [0.25, 0.3) is 0 Å². The van der Waals surface area contributed by atoms with Gasteiger partial charge in [0.15, 0.2) is 0 Å². The number of nitrogens with two attached hydrogens (primary N) is 1. The number of hydrogen-bond donors (Lipinski definition) is 1. The predicted molar refractivity (Wildman–Crippen MR) is 54.7 cm³/mol. The van der Waals surface area contributed by atoms with E-state index in [9.17, 15) is 0 Å². The van der Waals surface area contributed by atoms with Gasteiger partial charge in [0.25, 0.3) is 0 Å². The van der Waals surface area contributed by atoms with Crippen LogP contribution in [0.3, 0.4) is 0 Å². The molecule has 0 radical (unpaired) electrons. The van der Waals surface area contributed by atoms with Crippen LogP contribution in [0.2, 0.25) is 0 Å². The van der Waals surface area contributed by atoms with Gasteiger partial charge in [0.05, 0.1) is 12.7 Å². The Morgan fingerprint density at radius 3 is 2.92 bits per heavy atom. The van der Waals surface area contributed by atoms with Crippen molar-refractivity contribution in [3.8, 4) is 0 Å². The molecule has 0 spiro atoms. The molecule has 0 saturated carbocycles. The second kappa shape index (κ2) is 5.58. The molecular formula is C10H22N2O. The Bertz CT molecular complexity index is 141. The summed E-state index contributed by atoms with van der Waals surface area (Å²) in [5, 5.41) is 0. The van der Waals surface area contributed by atoms with Crippen LogP contribution in [0, 0.1) is 0 Å². The lowest BCUT2D eigenvalue weighted by molar-refractivity contribution is -0.0339. The van der Waals surface area contributed by atoms with Crippen molar-refractivity contribution in [3.63, 3.8) is 0 Å². The highest BCUT2D eigenvalue weighted by Gasteiger charge is 2.22. The minimum atomic E-state index is 0.375. The van der Waals surface area contributed by atoms with E-state index >= 15 is 0 Å². The molecule has 0 aromatic heterocycles. The summed E-state index contributed by atoms with van der Waals surface area (Å²) < 4.78 is 5.50.